The number of pyridine rings is 1. The Hall–Kier alpha value is -3.10. The molecule has 3 aromatic rings. The van der Waals surface area contributed by atoms with Gasteiger partial charge in [0.05, 0.1) is 35.8 Å². The van der Waals surface area contributed by atoms with Crippen LogP contribution in [0.3, 0.4) is 0 Å². The molecule has 0 aromatic carbocycles. The number of hydrogen-bond donors (Lipinski definition) is 2. The van der Waals surface area contributed by atoms with Crippen molar-refractivity contribution in [2.75, 3.05) is 7.11 Å². The quantitative estimate of drug-likeness (QED) is 0.602. The highest BCUT2D eigenvalue weighted by atomic mass is 19.4. The summed E-state index contributed by atoms with van der Waals surface area (Å²) in [6.07, 6.45) is 2.24. The van der Waals surface area contributed by atoms with E-state index in [-0.39, 0.29) is 11.3 Å². The number of alkyl halides is 3. The van der Waals surface area contributed by atoms with Crippen molar-refractivity contribution in [3.05, 3.63) is 42.0 Å². The third-order valence-corrected chi connectivity index (χ3v) is 4.42. The van der Waals surface area contributed by atoms with Crippen LogP contribution < -0.4 is 4.74 Å². The molecule has 0 bridgehead atoms. The number of aromatic amines is 2. The van der Waals surface area contributed by atoms with Crippen molar-refractivity contribution < 1.29 is 17.9 Å². The zero-order valence-corrected chi connectivity index (χ0v) is 15.5. The van der Waals surface area contributed by atoms with Crippen LogP contribution in [0.1, 0.15) is 36.7 Å². The minimum absolute atomic E-state index is 0.0834. The number of ether oxygens (including phenoxy) is 1. The summed E-state index contributed by atoms with van der Waals surface area (Å²) >= 11 is 0. The summed E-state index contributed by atoms with van der Waals surface area (Å²) in [6, 6.07) is 1.67. The van der Waals surface area contributed by atoms with Crippen LogP contribution in [0.25, 0.3) is 28.5 Å². The maximum absolute atomic E-state index is 13.2. The molecule has 0 radical (unpaired) electrons. The topological polar surface area (TPSA) is 79.5 Å². The van der Waals surface area contributed by atoms with Crippen LogP contribution in [-0.4, -0.2) is 32.5 Å². The van der Waals surface area contributed by atoms with Gasteiger partial charge in [-0.15, -0.1) is 5.10 Å². The monoisotopic (exact) mass is 391 g/mol. The summed E-state index contributed by atoms with van der Waals surface area (Å²) in [5.41, 5.74) is 2.15. The van der Waals surface area contributed by atoms with Gasteiger partial charge in [-0.05, 0) is 30.5 Å². The van der Waals surface area contributed by atoms with Crippen LogP contribution >= 0.6 is 0 Å². The summed E-state index contributed by atoms with van der Waals surface area (Å²) in [7, 11) is 1.50. The Kier molecular flexibility index (Phi) is 5.53. The summed E-state index contributed by atoms with van der Waals surface area (Å²) in [4.78, 5) is 4.28. The molecule has 0 saturated heterocycles. The molecule has 0 fully saturated rings. The maximum Gasteiger partial charge on any atom is 0.433 e. The molecule has 0 spiro atoms. The normalized spacial score (nSPS) is 11.6. The van der Waals surface area contributed by atoms with E-state index in [9.17, 15) is 13.2 Å². The lowest BCUT2D eigenvalue weighted by Crippen LogP contribution is -2.08. The third-order valence-electron chi connectivity index (χ3n) is 4.42. The fraction of sp³-hybridized carbons (Fsp3) is 0.316. The SMILES string of the molecule is C=Cc1[nH]nc(OC)c1-c1cnc(-c2cn[nH]c2C(F)(F)F)cc1CCCC. The van der Waals surface area contributed by atoms with Gasteiger partial charge in [0, 0.05) is 11.8 Å². The second kappa shape index (κ2) is 7.87. The molecular formula is C19H20F3N5O. The van der Waals surface area contributed by atoms with Gasteiger partial charge in [-0.25, -0.2) is 0 Å². The first-order valence-corrected chi connectivity index (χ1v) is 8.75. The third kappa shape index (κ3) is 3.64. The molecule has 28 heavy (non-hydrogen) atoms. The molecule has 2 N–H and O–H groups in total. The first kappa shape index (κ1) is 19.7. The Morgan fingerprint density at radius 2 is 2.00 bits per heavy atom. The highest BCUT2D eigenvalue weighted by Gasteiger charge is 2.36. The number of methoxy groups -OCH3 is 1. The van der Waals surface area contributed by atoms with Gasteiger partial charge in [-0.2, -0.15) is 18.3 Å². The van der Waals surface area contributed by atoms with E-state index in [1.807, 2.05) is 12.0 Å². The zero-order chi connectivity index (χ0) is 20.3. The largest absolute Gasteiger partial charge is 0.479 e. The molecule has 0 unspecified atom stereocenters. The number of halogens is 3. The molecule has 3 rings (SSSR count). The molecule has 6 nitrogen and oxygen atoms in total. The van der Waals surface area contributed by atoms with E-state index in [0.29, 0.717) is 23.6 Å². The van der Waals surface area contributed by atoms with Gasteiger partial charge in [0.2, 0.25) is 5.88 Å². The Morgan fingerprint density at radius 3 is 2.64 bits per heavy atom. The molecule has 0 aliphatic rings. The van der Waals surface area contributed by atoms with Gasteiger partial charge in [0.1, 0.15) is 5.69 Å². The summed E-state index contributed by atoms with van der Waals surface area (Å²) < 4.78 is 45.0. The molecular weight excluding hydrogens is 371 g/mol. The van der Waals surface area contributed by atoms with Crippen LogP contribution in [0.15, 0.2) is 25.0 Å². The van der Waals surface area contributed by atoms with Gasteiger partial charge >= 0.3 is 6.18 Å². The van der Waals surface area contributed by atoms with Crippen molar-refractivity contribution in [2.24, 2.45) is 0 Å². The van der Waals surface area contributed by atoms with E-state index in [2.05, 4.69) is 26.9 Å². The molecule has 0 aliphatic carbocycles. The van der Waals surface area contributed by atoms with Crippen LogP contribution in [0.2, 0.25) is 0 Å². The molecule has 0 saturated carbocycles. The predicted molar refractivity (Wildman–Crippen MR) is 99.7 cm³/mol. The first-order valence-electron chi connectivity index (χ1n) is 8.75. The second-order valence-corrected chi connectivity index (χ2v) is 6.21. The van der Waals surface area contributed by atoms with E-state index < -0.39 is 11.9 Å². The van der Waals surface area contributed by atoms with E-state index in [4.69, 9.17) is 4.74 Å². The smallest absolute Gasteiger partial charge is 0.433 e. The number of aryl methyl sites for hydroxylation is 1. The lowest BCUT2D eigenvalue weighted by Gasteiger charge is -2.13. The highest BCUT2D eigenvalue weighted by Crippen LogP contribution is 2.38. The fourth-order valence-electron chi connectivity index (χ4n) is 3.03. The van der Waals surface area contributed by atoms with Crippen LogP contribution in [0.4, 0.5) is 13.2 Å². The first-order chi connectivity index (χ1) is 13.4. The molecule has 3 heterocycles. The van der Waals surface area contributed by atoms with Gasteiger partial charge in [-0.1, -0.05) is 19.9 Å². The molecule has 3 aromatic heterocycles. The van der Waals surface area contributed by atoms with E-state index >= 15 is 0 Å². The Bertz CT molecular complexity index is 974. The Balaban J connectivity index is 2.16. The summed E-state index contributed by atoms with van der Waals surface area (Å²) in [5, 5.41) is 12.5. The van der Waals surface area contributed by atoms with Gasteiger partial charge in [0.25, 0.3) is 0 Å². The number of hydrogen-bond acceptors (Lipinski definition) is 4. The van der Waals surface area contributed by atoms with Crippen LogP contribution in [0.5, 0.6) is 5.88 Å². The predicted octanol–water partition coefficient (Wildman–Crippen LogP) is 4.87. The van der Waals surface area contributed by atoms with E-state index in [1.165, 1.54) is 7.11 Å². The Labute approximate surface area is 159 Å². The maximum atomic E-state index is 13.2. The highest BCUT2D eigenvalue weighted by molar-refractivity contribution is 5.80. The number of unbranched alkanes of at least 4 members (excludes halogenated alkanes) is 1. The number of H-pyrrole nitrogens is 2. The summed E-state index contributed by atoms with van der Waals surface area (Å²) in [5.74, 6) is 0.376. The minimum atomic E-state index is -4.54. The average Bonchev–Trinajstić information content (AvgIpc) is 3.32. The van der Waals surface area contributed by atoms with Crippen LogP contribution in [-0.2, 0) is 12.6 Å². The van der Waals surface area contributed by atoms with Crippen molar-refractivity contribution in [2.45, 2.75) is 32.4 Å². The van der Waals surface area contributed by atoms with Crippen molar-refractivity contribution in [3.63, 3.8) is 0 Å². The summed E-state index contributed by atoms with van der Waals surface area (Å²) in [6.45, 7) is 5.82. The lowest BCUT2D eigenvalue weighted by molar-refractivity contribution is -0.140. The molecule has 9 heteroatoms. The number of rotatable bonds is 7. The average molecular weight is 391 g/mol. The van der Waals surface area contributed by atoms with Crippen molar-refractivity contribution >= 4 is 6.08 Å². The molecule has 148 valence electrons. The lowest BCUT2D eigenvalue weighted by atomic mass is 9.96. The fourth-order valence-corrected chi connectivity index (χ4v) is 3.03. The van der Waals surface area contributed by atoms with Crippen molar-refractivity contribution in [1.29, 1.82) is 0 Å². The Morgan fingerprint density at radius 1 is 1.21 bits per heavy atom. The van der Waals surface area contributed by atoms with Crippen molar-refractivity contribution in [1.82, 2.24) is 25.4 Å². The minimum Gasteiger partial charge on any atom is -0.479 e. The van der Waals surface area contributed by atoms with Gasteiger partial charge < -0.3 is 4.74 Å². The molecule has 0 amide bonds. The molecule has 0 atom stereocenters. The molecule has 0 aliphatic heterocycles. The second-order valence-electron chi connectivity index (χ2n) is 6.21. The number of aromatic nitrogens is 5. The zero-order valence-electron chi connectivity index (χ0n) is 15.5. The number of nitrogens with one attached hydrogen (secondary N) is 2. The number of nitrogens with zero attached hydrogens (tertiary/aromatic N) is 3. The van der Waals surface area contributed by atoms with Crippen molar-refractivity contribution in [3.8, 4) is 28.3 Å². The van der Waals surface area contributed by atoms with Gasteiger partial charge in [-0.3, -0.25) is 15.2 Å². The van der Waals surface area contributed by atoms with Gasteiger partial charge in [0.15, 0.2) is 0 Å². The standard InChI is InChI=1S/C19H20F3N5O/c1-4-6-7-11-8-15(13-10-24-26-17(13)19(20,21)22)23-9-12(11)16-14(5-2)25-27-18(16)28-3/h5,8-10H,2,4,6-7H2,1,3H3,(H,24,26)(H,25,27). The van der Waals surface area contributed by atoms with E-state index in [0.717, 1.165) is 30.2 Å². The van der Waals surface area contributed by atoms with Crippen LogP contribution in [0, 0.1) is 0 Å². The van der Waals surface area contributed by atoms with E-state index in [1.54, 1.807) is 18.3 Å².